The van der Waals surface area contributed by atoms with E-state index in [0.29, 0.717) is 0 Å². The van der Waals surface area contributed by atoms with Gasteiger partial charge < -0.3 is 32.9 Å². The van der Waals surface area contributed by atoms with Gasteiger partial charge in [0.25, 0.3) is 0 Å². The largest absolute Gasteiger partial charge is 4.00 e. The van der Waals surface area contributed by atoms with Crippen molar-refractivity contribution in [3.63, 3.8) is 0 Å². The average molecular weight is 452 g/mol. The maximum atomic E-state index is 0. The van der Waals surface area contributed by atoms with Crippen molar-refractivity contribution in [1.29, 1.82) is 0 Å². The van der Waals surface area contributed by atoms with E-state index >= 15 is 0 Å². The molecule has 0 aromatic carbocycles. The summed E-state index contributed by atoms with van der Waals surface area (Å²) in [4.78, 5) is 0. The zero-order chi connectivity index (χ0) is 0. The molecule has 0 aliphatic rings. The number of rotatable bonds is 0. The first-order valence-corrected chi connectivity index (χ1v) is 0. The third-order valence-corrected chi connectivity index (χ3v) is 0. The smallest absolute Gasteiger partial charge is 2.00 e. The Bertz CT molecular complexity index is 13.0. The summed E-state index contributed by atoms with van der Waals surface area (Å²) >= 11 is 0. The third-order valence-electron chi connectivity index (χ3n) is 0. The van der Waals surface area contributed by atoms with Crippen molar-refractivity contribution in [2.75, 3.05) is 0 Å². The molecule has 0 N–H and O–H groups in total. The molecule has 0 amide bonds. The SMILES string of the molecule is [Bi+3].[Mo+4].[O-2].[O-2].[O-2].[O-2].[O-2].[O-2].[V]. The van der Waals surface area contributed by atoms with Gasteiger partial charge in [-0.25, -0.2) is 0 Å². The summed E-state index contributed by atoms with van der Waals surface area (Å²) in [6.07, 6.45) is 0. The van der Waals surface area contributed by atoms with E-state index in [1.54, 1.807) is 0 Å². The van der Waals surface area contributed by atoms with Gasteiger partial charge in [0.05, 0.1) is 0 Å². The predicted molar refractivity (Wildman–Crippen MR) is 9.87 cm³/mol. The van der Waals surface area contributed by atoms with Crippen molar-refractivity contribution >= 4 is 26.2 Å². The minimum atomic E-state index is 0. The Hall–Kier alpha value is 1.92. The van der Waals surface area contributed by atoms with Gasteiger partial charge in [-0.05, 0) is 0 Å². The summed E-state index contributed by atoms with van der Waals surface area (Å²) < 4.78 is 0. The molecular formula is BiMoO6V-5. The minimum absolute atomic E-state index is 0. The third kappa shape index (κ3) is 169. The molecule has 0 fully saturated rings. The standard InChI is InChI=1S/Bi.Mo.6O.V/q+3;+4;6*-2;. The summed E-state index contributed by atoms with van der Waals surface area (Å²) in [5, 5.41) is 0. The Kier molecular flexibility index (Phi) is 6980. The van der Waals surface area contributed by atoms with Crippen LogP contribution in [-0.4, -0.2) is 26.2 Å². The van der Waals surface area contributed by atoms with Crippen LogP contribution < -0.4 is 0 Å². The van der Waals surface area contributed by atoms with Crippen molar-refractivity contribution in [3.8, 4) is 0 Å². The van der Waals surface area contributed by atoms with Crippen LogP contribution in [0.5, 0.6) is 0 Å². The van der Waals surface area contributed by atoms with Gasteiger partial charge in [0.15, 0.2) is 0 Å². The molecule has 0 saturated carbocycles. The Morgan fingerprint density at radius 2 is 0.444 bits per heavy atom. The number of hydrogen-bond donors (Lipinski definition) is 0. The van der Waals surface area contributed by atoms with Crippen LogP contribution in [-0.2, 0) is 72.5 Å². The van der Waals surface area contributed by atoms with Crippen molar-refractivity contribution in [3.05, 3.63) is 0 Å². The van der Waals surface area contributed by atoms with Crippen molar-refractivity contribution in [2.24, 2.45) is 0 Å². The van der Waals surface area contributed by atoms with Gasteiger partial charge >= 0.3 is 47.3 Å². The summed E-state index contributed by atoms with van der Waals surface area (Å²) in [5.41, 5.74) is 0. The molecule has 0 atom stereocenters. The Morgan fingerprint density at radius 1 is 0.444 bits per heavy atom. The molecule has 0 aliphatic carbocycles. The first-order valence-electron chi connectivity index (χ1n) is 0. The summed E-state index contributed by atoms with van der Waals surface area (Å²) in [7, 11) is 0. The van der Waals surface area contributed by atoms with E-state index in [9.17, 15) is 0 Å². The normalized spacial score (nSPS) is 0. The molecule has 0 aromatic heterocycles. The van der Waals surface area contributed by atoms with E-state index in [-0.39, 0.29) is 98.7 Å². The van der Waals surface area contributed by atoms with Crippen LogP contribution in [0.25, 0.3) is 0 Å². The molecule has 0 unspecified atom stereocenters. The van der Waals surface area contributed by atoms with Crippen LogP contribution in [0.15, 0.2) is 0 Å². The fourth-order valence-corrected chi connectivity index (χ4v) is 0. The Morgan fingerprint density at radius 3 is 0.444 bits per heavy atom. The van der Waals surface area contributed by atoms with Gasteiger partial charge in [-0.3, -0.25) is 0 Å². The molecule has 0 rings (SSSR count). The molecule has 0 heterocycles. The van der Waals surface area contributed by atoms with Crippen LogP contribution in [0.1, 0.15) is 0 Å². The predicted octanol–water partition coefficient (Wildman–Crippen LogP) is -1.10. The second-order valence-electron chi connectivity index (χ2n) is 0. The summed E-state index contributed by atoms with van der Waals surface area (Å²) in [5.74, 6) is 0. The van der Waals surface area contributed by atoms with Crippen LogP contribution in [0, 0.1) is 0 Å². The van der Waals surface area contributed by atoms with E-state index in [0.717, 1.165) is 0 Å². The van der Waals surface area contributed by atoms with Gasteiger partial charge in [-0.2, -0.15) is 0 Å². The molecule has 6 nitrogen and oxygen atoms in total. The van der Waals surface area contributed by atoms with E-state index < -0.39 is 0 Å². The molecule has 0 bridgehead atoms. The van der Waals surface area contributed by atoms with Gasteiger partial charge in [-0.15, -0.1) is 0 Å². The maximum Gasteiger partial charge on any atom is 4.00 e. The maximum absolute atomic E-state index is 0. The topological polar surface area (TPSA) is 171 Å². The molecule has 57 valence electrons. The van der Waals surface area contributed by atoms with E-state index in [1.807, 2.05) is 0 Å². The molecule has 0 aromatic rings. The average Bonchev–Trinajstić information content (AvgIpc) is 0. The number of hydrogen-bond acceptors (Lipinski definition) is 0. The summed E-state index contributed by atoms with van der Waals surface area (Å²) in [6, 6.07) is 0. The monoisotopic (exact) mass is 454 g/mol. The first kappa shape index (κ1) is 292. The molecule has 3 radical (unpaired) electrons. The van der Waals surface area contributed by atoms with Crippen LogP contribution >= 0.6 is 0 Å². The Labute approximate surface area is 97.9 Å². The van der Waals surface area contributed by atoms with Crippen LogP contribution in [0.4, 0.5) is 0 Å². The Balaban J connectivity index is 0. The van der Waals surface area contributed by atoms with E-state index in [4.69, 9.17) is 0 Å². The fourth-order valence-electron chi connectivity index (χ4n) is 0. The zero-order valence-corrected chi connectivity index (χ0v) is 10.6. The van der Waals surface area contributed by atoms with Crippen LogP contribution in [0.3, 0.4) is 0 Å². The molecule has 0 spiro atoms. The van der Waals surface area contributed by atoms with E-state index in [1.165, 1.54) is 0 Å². The second-order valence-corrected chi connectivity index (χ2v) is 0. The molecular weight excluding hydrogens is 452 g/mol. The van der Waals surface area contributed by atoms with Gasteiger partial charge in [0, 0.05) is 18.6 Å². The van der Waals surface area contributed by atoms with Gasteiger partial charge in [0.1, 0.15) is 0 Å². The van der Waals surface area contributed by atoms with Crippen LogP contribution in [0.2, 0.25) is 0 Å². The van der Waals surface area contributed by atoms with Gasteiger partial charge in [-0.1, -0.05) is 0 Å². The van der Waals surface area contributed by atoms with Crippen molar-refractivity contribution in [1.82, 2.24) is 0 Å². The molecule has 9 heavy (non-hydrogen) atoms. The quantitative estimate of drug-likeness (QED) is 0.407. The zero-order valence-electron chi connectivity index (χ0n) is 3.75. The van der Waals surface area contributed by atoms with Gasteiger partial charge in [0.2, 0.25) is 0 Å². The fraction of sp³-hybridized carbons (Fsp3) is 0. The van der Waals surface area contributed by atoms with E-state index in [2.05, 4.69) is 0 Å². The molecule has 0 saturated heterocycles. The van der Waals surface area contributed by atoms with Crippen molar-refractivity contribution < 1.29 is 72.5 Å². The second kappa shape index (κ2) is 215. The first-order chi connectivity index (χ1) is 0. The minimum Gasteiger partial charge on any atom is -2.00 e. The molecule has 0 aliphatic heterocycles. The molecule has 9 heteroatoms. The van der Waals surface area contributed by atoms with Crippen molar-refractivity contribution in [2.45, 2.75) is 0 Å². The summed E-state index contributed by atoms with van der Waals surface area (Å²) in [6.45, 7) is 0.